The highest BCUT2D eigenvalue weighted by atomic mass is 16.7. The lowest BCUT2D eigenvalue weighted by atomic mass is 9.53. The Labute approximate surface area is 263 Å². The van der Waals surface area contributed by atoms with Crippen LogP contribution in [0.5, 0.6) is 0 Å². The van der Waals surface area contributed by atoms with E-state index in [1.165, 1.54) is 51.4 Å². The van der Waals surface area contributed by atoms with Crippen molar-refractivity contribution in [3.8, 4) is 0 Å². The fourth-order valence-corrected chi connectivity index (χ4v) is 9.47. The average Bonchev–Trinajstić information content (AvgIpc) is 2.99. The molecule has 238 valence electrons. The monoisotopic (exact) mass is 601 g/mol. The van der Waals surface area contributed by atoms with Gasteiger partial charge in [-0.3, -0.25) is 0 Å². The second kappa shape index (κ2) is 13.1. The Hall–Kier alpha value is -2.45. The number of carbonyl (C=O) groups excluding carboxylic acids is 1. The first kappa shape index (κ1) is 30.2. The van der Waals surface area contributed by atoms with Crippen LogP contribution in [0.25, 0.3) is 0 Å². The number of benzene rings is 2. The first-order valence-corrected chi connectivity index (χ1v) is 17.4. The van der Waals surface area contributed by atoms with Gasteiger partial charge in [-0.2, -0.15) is 0 Å². The van der Waals surface area contributed by atoms with E-state index in [9.17, 15) is 9.90 Å². The summed E-state index contributed by atoms with van der Waals surface area (Å²) >= 11 is 0. The third kappa shape index (κ3) is 6.72. The van der Waals surface area contributed by atoms with Gasteiger partial charge in [-0.25, -0.2) is 4.79 Å². The van der Waals surface area contributed by atoms with Crippen molar-refractivity contribution in [1.82, 2.24) is 10.2 Å². The van der Waals surface area contributed by atoms with Crippen molar-refractivity contribution in [2.24, 2.45) is 23.7 Å². The largest absolute Gasteiger partial charge is 0.392 e. The number of likely N-dealkylation sites (tertiary alicyclic amines) is 1. The van der Waals surface area contributed by atoms with Gasteiger partial charge in [-0.05, 0) is 105 Å². The molecule has 4 saturated carbocycles. The SMILES string of the molecule is C[C@@H]1[C@H](CN2CCCCCCC2)O[C@H](c2ccc(NC(=O)NC34CC5CC(CC(C5)C3)C4)cc2)O[C@@H]1c1ccc(CO)cc1. The maximum absolute atomic E-state index is 13.2. The molecule has 4 atom stereocenters. The van der Waals surface area contributed by atoms with Crippen molar-refractivity contribution in [1.29, 1.82) is 0 Å². The number of carbonyl (C=O) groups is 1. The highest BCUT2D eigenvalue weighted by Crippen LogP contribution is 2.55. The van der Waals surface area contributed by atoms with Crippen LogP contribution >= 0.6 is 0 Å². The number of anilines is 1. The smallest absolute Gasteiger partial charge is 0.319 e. The molecule has 7 heteroatoms. The number of aliphatic hydroxyl groups excluding tert-OH is 1. The topological polar surface area (TPSA) is 83.1 Å². The van der Waals surface area contributed by atoms with Gasteiger partial charge in [-0.15, -0.1) is 0 Å². The molecular formula is C37H51N3O4. The van der Waals surface area contributed by atoms with Gasteiger partial charge in [0.2, 0.25) is 0 Å². The molecule has 44 heavy (non-hydrogen) atoms. The Kier molecular flexibility index (Phi) is 9.01. The minimum absolute atomic E-state index is 0.00878. The first-order chi connectivity index (χ1) is 21.4. The summed E-state index contributed by atoms with van der Waals surface area (Å²) in [7, 11) is 0. The van der Waals surface area contributed by atoms with Gasteiger partial charge >= 0.3 is 6.03 Å². The molecule has 2 heterocycles. The normalized spacial score (nSPS) is 35.5. The molecule has 2 saturated heterocycles. The number of ether oxygens (including phenoxy) is 2. The van der Waals surface area contributed by atoms with Crippen LogP contribution in [0.4, 0.5) is 10.5 Å². The second-order valence-electron chi connectivity index (χ2n) is 14.8. The molecule has 0 spiro atoms. The van der Waals surface area contributed by atoms with Crippen LogP contribution < -0.4 is 10.6 Å². The number of hydrogen-bond acceptors (Lipinski definition) is 5. The zero-order chi connectivity index (χ0) is 30.1. The minimum Gasteiger partial charge on any atom is -0.392 e. The van der Waals surface area contributed by atoms with E-state index in [1.54, 1.807) is 0 Å². The molecule has 2 aromatic carbocycles. The third-order valence-electron chi connectivity index (χ3n) is 11.4. The molecule has 4 aliphatic carbocycles. The number of nitrogens with zero attached hydrogens (tertiary/aromatic N) is 1. The lowest BCUT2D eigenvalue weighted by molar-refractivity contribution is -0.276. The number of aliphatic hydroxyl groups is 1. The molecule has 2 aromatic rings. The summed E-state index contributed by atoms with van der Waals surface area (Å²) in [5.74, 6) is 2.56. The van der Waals surface area contributed by atoms with Crippen molar-refractivity contribution in [2.75, 3.05) is 25.0 Å². The van der Waals surface area contributed by atoms with E-state index < -0.39 is 6.29 Å². The second-order valence-corrected chi connectivity index (χ2v) is 14.8. The van der Waals surface area contributed by atoms with E-state index in [1.807, 2.05) is 36.4 Å². The van der Waals surface area contributed by atoms with E-state index in [0.717, 1.165) is 79.0 Å². The van der Waals surface area contributed by atoms with Crippen LogP contribution in [0.15, 0.2) is 48.5 Å². The van der Waals surface area contributed by atoms with Crippen LogP contribution in [0.3, 0.4) is 0 Å². The molecule has 2 aliphatic heterocycles. The van der Waals surface area contributed by atoms with Gasteiger partial charge in [0.15, 0.2) is 6.29 Å². The summed E-state index contributed by atoms with van der Waals surface area (Å²) in [6, 6.07) is 16.0. The van der Waals surface area contributed by atoms with E-state index >= 15 is 0 Å². The molecule has 6 aliphatic rings. The summed E-state index contributed by atoms with van der Waals surface area (Å²) in [5, 5.41) is 16.1. The maximum Gasteiger partial charge on any atom is 0.319 e. The molecule has 7 nitrogen and oxygen atoms in total. The zero-order valence-electron chi connectivity index (χ0n) is 26.4. The van der Waals surface area contributed by atoms with E-state index in [0.29, 0.717) is 0 Å². The van der Waals surface area contributed by atoms with Crippen LogP contribution in [-0.2, 0) is 16.1 Å². The Bertz CT molecular complexity index is 1220. The number of hydrogen-bond donors (Lipinski definition) is 3. The molecule has 0 radical (unpaired) electrons. The predicted octanol–water partition coefficient (Wildman–Crippen LogP) is 7.33. The molecule has 8 rings (SSSR count). The van der Waals surface area contributed by atoms with Crippen LogP contribution in [-0.4, -0.2) is 47.3 Å². The fourth-order valence-electron chi connectivity index (χ4n) is 9.47. The number of urea groups is 1. The van der Waals surface area contributed by atoms with Crippen LogP contribution in [0.2, 0.25) is 0 Å². The number of rotatable bonds is 7. The average molecular weight is 602 g/mol. The number of amides is 2. The van der Waals surface area contributed by atoms with Gasteiger partial charge in [0.25, 0.3) is 0 Å². The number of nitrogens with one attached hydrogen (secondary N) is 2. The molecule has 0 unspecified atom stereocenters. The Morgan fingerprint density at radius 1 is 0.841 bits per heavy atom. The van der Waals surface area contributed by atoms with Crippen molar-refractivity contribution >= 4 is 11.7 Å². The minimum atomic E-state index is -0.497. The summed E-state index contributed by atoms with van der Waals surface area (Å²) in [5.41, 5.74) is 3.75. The molecule has 0 aromatic heterocycles. The molecule has 3 N–H and O–H groups in total. The van der Waals surface area contributed by atoms with Crippen molar-refractivity contribution in [2.45, 2.75) is 108 Å². The zero-order valence-corrected chi connectivity index (χ0v) is 26.4. The first-order valence-electron chi connectivity index (χ1n) is 17.4. The maximum atomic E-state index is 13.2. The predicted molar refractivity (Wildman–Crippen MR) is 172 cm³/mol. The standard InChI is InChI=1S/C37H51N3O4/c1-25-33(23-40-15-5-3-2-4-6-16-40)43-35(44-34(25)30-9-7-26(24-41)8-10-30)31-11-13-32(14-12-31)38-36(42)39-37-20-27-17-28(21-37)19-29(18-27)22-37/h7-14,25,27-29,33-35,41H,2-6,15-24H2,1H3,(H2,38,39,42)/t25-,27?,28?,29?,33+,34+,35+,37?/m1/s1. The fraction of sp³-hybridized carbons (Fsp3) is 0.649. The van der Waals surface area contributed by atoms with Crippen molar-refractivity contribution < 1.29 is 19.4 Å². The summed E-state index contributed by atoms with van der Waals surface area (Å²) in [6.07, 6.45) is 13.4. The van der Waals surface area contributed by atoms with Crippen LogP contribution in [0, 0.1) is 23.7 Å². The molecular weight excluding hydrogens is 550 g/mol. The Balaban J connectivity index is 1.04. The Morgan fingerprint density at radius 2 is 1.43 bits per heavy atom. The quantitative estimate of drug-likeness (QED) is 0.310. The highest BCUT2D eigenvalue weighted by molar-refractivity contribution is 5.89. The molecule has 4 bridgehead atoms. The lowest BCUT2D eigenvalue weighted by Crippen LogP contribution is -2.60. The van der Waals surface area contributed by atoms with E-state index in [-0.39, 0.29) is 36.3 Å². The Morgan fingerprint density at radius 3 is 2.05 bits per heavy atom. The third-order valence-corrected chi connectivity index (χ3v) is 11.4. The van der Waals surface area contributed by atoms with Crippen molar-refractivity contribution in [3.05, 3.63) is 65.2 Å². The van der Waals surface area contributed by atoms with Gasteiger partial charge in [0.05, 0.1) is 18.8 Å². The summed E-state index contributed by atoms with van der Waals surface area (Å²) < 4.78 is 13.4. The van der Waals surface area contributed by atoms with Gasteiger partial charge in [-0.1, -0.05) is 62.6 Å². The molecule has 2 amide bonds. The van der Waals surface area contributed by atoms with Gasteiger partial charge in [0.1, 0.15) is 0 Å². The van der Waals surface area contributed by atoms with E-state index in [4.69, 9.17) is 9.47 Å². The van der Waals surface area contributed by atoms with Crippen LogP contribution in [0.1, 0.15) is 107 Å². The van der Waals surface area contributed by atoms with E-state index in [2.05, 4.69) is 34.6 Å². The van der Waals surface area contributed by atoms with Gasteiger partial charge < -0.3 is 30.1 Å². The van der Waals surface area contributed by atoms with Gasteiger partial charge in [0, 0.05) is 29.3 Å². The summed E-state index contributed by atoms with van der Waals surface area (Å²) in [6.45, 7) is 5.42. The highest BCUT2D eigenvalue weighted by Gasteiger charge is 2.51. The lowest BCUT2D eigenvalue weighted by Gasteiger charge is -2.56. The summed E-state index contributed by atoms with van der Waals surface area (Å²) in [4.78, 5) is 15.7. The van der Waals surface area contributed by atoms with Crippen molar-refractivity contribution in [3.63, 3.8) is 0 Å². The molecule has 6 fully saturated rings.